The zero-order chi connectivity index (χ0) is 9.47. The minimum Gasteiger partial charge on any atom is -0.0625 e. The van der Waals surface area contributed by atoms with Crippen LogP contribution < -0.4 is 0 Å². The molecule has 0 bridgehead atoms. The van der Waals surface area contributed by atoms with Crippen LogP contribution in [0, 0.1) is 29.6 Å². The van der Waals surface area contributed by atoms with E-state index in [0.717, 1.165) is 17.8 Å². The summed E-state index contributed by atoms with van der Waals surface area (Å²) < 4.78 is 0. The van der Waals surface area contributed by atoms with Gasteiger partial charge in [0.05, 0.1) is 12.8 Å². The van der Waals surface area contributed by atoms with Crippen molar-refractivity contribution in [3.05, 3.63) is 6.42 Å². The van der Waals surface area contributed by atoms with Gasteiger partial charge in [-0.3, -0.25) is 0 Å². The average Bonchev–Trinajstić information content (AvgIpc) is 2.38. The molecule has 0 N–H and O–H groups in total. The van der Waals surface area contributed by atoms with Crippen molar-refractivity contribution in [2.45, 2.75) is 52.9 Å². The summed E-state index contributed by atoms with van der Waals surface area (Å²) in [4.78, 5) is 0. The van der Waals surface area contributed by atoms with Crippen LogP contribution in [0.4, 0.5) is 0 Å². The summed E-state index contributed by atoms with van der Waals surface area (Å²) in [7, 11) is 0. The molecule has 0 heterocycles. The second kappa shape index (κ2) is 3.22. The summed E-state index contributed by atoms with van der Waals surface area (Å²) in [5, 5.41) is 0. The fraction of sp³-hybridized carbons (Fsp3) is 0.923. The second-order valence-corrected chi connectivity index (χ2v) is 5.82. The van der Waals surface area contributed by atoms with Crippen LogP contribution in [0.5, 0.6) is 0 Å². The van der Waals surface area contributed by atoms with E-state index < -0.39 is 0 Å². The van der Waals surface area contributed by atoms with Crippen molar-refractivity contribution in [3.63, 3.8) is 0 Å². The van der Waals surface area contributed by atoms with Crippen molar-refractivity contribution in [1.82, 2.24) is 0 Å². The van der Waals surface area contributed by atoms with Gasteiger partial charge in [0.2, 0.25) is 0 Å². The topological polar surface area (TPSA) is 0 Å². The predicted octanol–water partition coefficient (Wildman–Crippen LogP) is 4.06. The molecule has 0 radical (unpaired) electrons. The molecule has 0 heteroatoms. The number of rotatable bonds is 0. The van der Waals surface area contributed by atoms with E-state index in [1.807, 2.05) is 0 Å². The van der Waals surface area contributed by atoms with Crippen LogP contribution in [0.3, 0.4) is 0 Å². The van der Waals surface area contributed by atoms with E-state index >= 15 is 0 Å². The van der Waals surface area contributed by atoms with Crippen molar-refractivity contribution in [1.29, 1.82) is 0 Å². The maximum Gasteiger partial charge on any atom is 0.106 e. The van der Waals surface area contributed by atoms with Gasteiger partial charge in [-0.1, -0.05) is 27.2 Å². The Bertz CT molecular complexity index is 184. The molecule has 4 unspecified atom stereocenters. The smallest absolute Gasteiger partial charge is 0.0625 e. The molecule has 2 aliphatic rings. The van der Waals surface area contributed by atoms with Crippen molar-refractivity contribution in [2.24, 2.45) is 23.2 Å². The van der Waals surface area contributed by atoms with Crippen LogP contribution in [-0.2, 0) is 0 Å². The van der Waals surface area contributed by atoms with E-state index in [4.69, 9.17) is 0 Å². The molecule has 4 atom stereocenters. The highest BCUT2D eigenvalue weighted by molar-refractivity contribution is 5.02. The van der Waals surface area contributed by atoms with Gasteiger partial charge in [0.25, 0.3) is 0 Å². The third-order valence-electron chi connectivity index (χ3n) is 4.48. The van der Waals surface area contributed by atoms with Gasteiger partial charge < -0.3 is 0 Å². The normalized spacial score (nSPS) is 50.8. The van der Waals surface area contributed by atoms with E-state index in [1.165, 1.54) is 32.1 Å². The van der Waals surface area contributed by atoms with Crippen molar-refractivity contribution in [2.75, 3.05) is 0 Å². The van der Waals surface area contributed by atoms with Gasteiger partial charge in [-0.05, 0) is 31.1 Å². The van der Waals surface area contributed by atoms with E-state index in [-0.39, 0.29) is 0 Å². The molecular formula is C13H23+. The maximum atomic E-state index is 2.61. The molecule has 2 saturated carbocycles. The lowest BCUT2D eigenvalue weighted by atomic mass is 9.71. The lowest BCUT2D eigenvalue weighted by Gasteiger charge is -2.28. The lowest BCUT2D eigenvalue weighted by molar-refractivity contribution is 0.174. The highest BCUT2D eigenvalue weighted by Gasteiger charge is 2.49. The van der Waals surface area contributed by atoms with Crippen molar-refractivity contribution < 1.29 is 0 Å². The Morgan fingerprint density at radius 1 is 1.23 bits per heavy atom. The first-order chi connectivity index (χ1) is 6.12. The molecule has 13 heavy (non-hydrogen) atoms. The van der Waals surface area contributed by atoms with Gasteiger partial charge in [0.1, 0.15) is 5.92 Å². The predicted molar refractivity (Wildman–Crippen MR) is 57.3 cm³/mol. The monoisotopic (exact) mass is 179 g/mol. The van der Waals surface area contributed by atoms with E-state index in [9.17, 15) is 0 Å². The summed E-state index contributed by atoms with van der Waals surface area (Å²) in [6, 6.07) is 0. The van der Waals surface area contributed by atoms with E-state index in [1.54, 1.807) is 0 Å². The summed E-state index contributed by atoms with van der Waals surface area (Å²) in [5.74, 6) is 2.83. The molecule has 0 aromatic carbocycles. The molecule has 0 aliphatic heterocycles. The van der Waals surface area contributed by atoms with E-state index in [0.29, 0.717) is 5.41 Å². The van der Waals surface area contributed by atoms with Crippen LogP contribution in [0.25, 0.3) is 0 Å². The molecular weight excluding hydrogens is 156 g/mol. The van der Waals surface area contributed by atoms with Crippen LogP contribution in [-0.4, -0.2) is 0 Å². The Balaban J connectivity index is 2.18. The standard InChI is InChI=1S/C13H23/c1-10-6-7-11(2)12-5-4-8-13(12,3)9-10/h5,10-12H,4,6-9H2,1-3H3/q+1. The molecule has 2 fully saturated rings. The van der Waals surface area contributed by atoms with Gasteiger partial charge in [-0.2, -0.15) is 0 Å². The fourth-order valence-electron chi connectivity index (χ4n) is 3.83. The zero-order valence-corrected chi connectivity index (χ0v) is 9.34. The molecule has 2 rings (SSSR count). The van der Waals surface area contributed by atoms with Crippen LogP contribution >= 0.6 is 0 Å². The molecule has 74 valence electrons. The minimum atomic E-state index is 0.662. The van der Waals surface area contributed by atoms with Gasteiger partial charge in [0, 0.05) is 5.41 Å². The Morgan fingerprint density at radius 3 is 2.77 bits per heavy atom. The molecule has 2 aliphatic carbocycles. The Labute approximate surface area is 83.1 Å². The maximum absolute atomic E-state index is 2.61. The Hall–Kier alpha value is -0.130. The minimum absolute atomic E-state index is 0.662. The molecule has 0 saturated heterocycles. The summed E-state index contributed by atoms with van der Waals surface area (Å²) in [5.41, 5.74) is 0.662. The highest BCUT2D eigenvalue weighted by Crippen LogP contribution is 2.53. The number of hydrogen-bond acceptors (Lipinski definition) is 0. The average molecular weight is 179 g/mol. The number of hydrogen-bond donors (Lipinski definition) is 0. The van der Waals surface area contributed by atoms with E-state index in [2.05, 4.69) is 27.2 Å². The van der Waals surface area contributed by atoms with Gasteiger partial charge >= 0.3 is 0 Å². The summed E-state index contributed by atoms with van der Waals surface area (Å²) in [6.45, 7) is 7.43. The van der Waals surface area contributed by atoms with Gasteiger partial charge in [-0.25, -0.2) is 0 Å². The third-order valence-corrected chi connectivity index (χ3v) is 4.48. The second-order valence-electron chi connectivity index (χ2n) is 5.82. The SMILES string of the molecule is CC1CCC(C)C2[CH+]CCC2(C)C1. The number of fused-ring (bicyclic) bond motifs is 1. The van der Waals surface area contributed by atoms with Crippen LogP contribution in [0.15, 0.2) is 0 Å². The molecule has 0 nitrogen and oxygen atoms in total. The first-order valence-electron chi connectivity index (χ1n) is 5.95. The van der Waals surface area contributed by atoms with Crippen LogP contribution in [0.2, 0.25) is 0 Å². The fourth-order valence-corrected chi connectivity index (χ4v) is 3.83. The lowest BCUT2D eigenvalue weighted by Crippen LogP contribution is -2.26. The third kappa shape index (κ3) is 1.60. The summed E-state index contributed by atoms with van der Waals surface area (Å²) in [6.07, 6.45) is 9.82. The molecule has 0 amide bonds. The van der Waals surface area contributed by atoms with Crippen molar-refractivity contribution in [3.8, 4) is 0 Å². The van der Waals surface area contributed by atoms with Gasteiger partial charge in [-0.15, -0.1) is 0 Å². The zero-order valence-electron chi connectivity index (χ0n) is 9.34. The Morgan fingerprint density at radius 2 is 2.00 bits per heavy atom. The first kappa shape index (κ1) is 9.43. The largest absolute Gasteiger partial charge is 0.106 e. The summed E-state index contributed by atoms with van der Waals surface area (Å²) >= 11 is 0. The van der Waals surface area contributed by atoms with Crippen LogP contribution in [0.1, 0.15) is 52.9 Å². The molecule has 0 aromatic rings. The molecule has 0 spiro atoms. The first-order valence-corrected chi connectivity index (χ1v) is 5.95. The molecule has 0 aromatic heterocycles. The van der Waals surface area contributed by atoms with Gasteiger partial charge in [0.15, 0.2) is 0 Å². The Kier molecular flexibility index (Phi) is 2.33. The quantitative estimate of drug-likeness (QED) is 0.492. The highest BCUT2D eigenvalue weighted by atomic mass is 14.5. The van der Waals surface area contributed by atoms with Crippen molar-refractivity contribution >= 4 is 0 Å².